The lowest BCUT2D eigenvalue weighted by Gasteiger charge is -2.16. The Morgan fingerprint density at radius 3 is 2.69 bits per heavy atom. The Balaban J connectivity index is 1.44. The first-order valence-corrected chi connectivity index (χ1v) is 9.50. The SMILES string of the molecule is COc1ccccc1-c1cc(C(=O)N2CC[C@H](Oc3nc(C)cc(C)n3)C2)[nH]n1. The smallest absolute Gasteiger partial charge is 0.317 e. The Bertz CT molecular complexity index is 1010. The van der Waals surface area contributed by atoms with Crippen LogP contribution in [0, 0.1) is 13.8 Å². The molecule has 8 nitrogen and oxygen atoms in total. The van der Waals surface area contributed by atoms with Gasteiger partial charge in [0, 0.05) is 29.9 Å². The van der Waals surface area contributed by atoms with Crippen molar-refractivity contribution in [2.45, 2.75) is 26.4 Å². The Labute approximate surface area is 168 Å². The van der Waals surface area contributed by atoms with Gasteiger partial charge in [0.25, 0.3) is 5.91 Å². The molecule has 29 heavy (non-hydrogen) atoms. The second kappa shape index (κ2) is 7.90. The van der Waals surface area contributed by atoms with Gasteiger partial charge in [0.2, 0.25) is 0 Å². The lowest BCUT2D eigenvalue weighted by Crippen LogP contribution is -2.31. The summed E-state index contributed by atoms with van der Waals surface area (Å²) in [6.45, 7) is 4.91. The van der Waals surface area contributed by atoms with Gasteiger partial charge in [-0.2, -0.15) is 5.10 Å². The molecule has 1 N–H and O–H groups in total. The van der Waals surface area contributed by atoms with Gasteiger partial charge >= 0.3 is 6.01 Å². The molecule has 1 amide bonds. The molecule has 0 unspecified atom stereocenters. The predicted molar refractivity (Wildman–Crippen MR) is 107 cm³/mol. The fraction of sp³-hybridized carbons (Fsp3) is 0.333. The van der Waals surface area contributed by atoms with E-state index in [1.54, 1.807) is 18.1 Å². The topological polar surface area (TPSA) is 93.2 Å². The first kappa shape index (κ1) is 18.9. The zero-order valence-electron chi connectivity index (χ0n) is 16.7. The maximum Gasteiger partial charge on any atom is 0.317 e. The second-order valence-electron chi connectivity index (χ2n) is 7.08. The van der Waals surface area contributed by atoms with Crippen molar-refractivity contribution in [2.24, 2.45) is 0 Å². The summed E-state index contributed by atoms with van der Waals surface area (Å²) < 4.78 is 11.3. The van der Waals surface area contributed by atoms with Crippen molar-refractivity contribution in [3.8, 4) is 23.0 Å². The number of ether oxygens (including phenoxy) is 2. The van der Waals surface area contributed by atoms with Crippen LogP contribution in [-0.4, -0.2) is 57.3 Å². The van der Waals surface area contributed by atoms with E-state index in [4.69, 9.17) is 9.47 Å². The minimum absolute atomic E-state index is 0.105. The van der Waals surface area contributed by atoms with E-state index in [9.17, 15) is 4.79 Å². The largest absolute Gasteiger partial charge is 0.496 e. The summed E-state index contributed by atoms with van der Waals surface area (Å²) in [4.78, 5) is 23.3. The molecule has 1 aliphatic rings. The van der Waals surface area contributed by atoms with Gasteiger partial charge in [-0.1, -0.05) is 12.1 Å². The molecule has 4 rings (SSSR count). The number of nitrogens with zero attached hydrogens (tertiary/aromatic N) is 4. The molecule has 1 aliphatic heterocycles. The van der Waals surface area contributed by atoms with Crippen molar-refractivity contribution < 1.29 is 14.3 Å². The van der Waals surface area contributed by atoms with Crippen molar-refractivity contribution in [1.29, 1.82) is 0 Å². The van der Waals surface area contributed by atoms with Gasteiger partial charge in [-0.15, -0.1) is 0 Å². The Morgan fingerprint density at radius 2 is 1.93 bits per heavy atom. The van der Waals surface area contributed by atoms with Crippen molar-refractivity contribution in [3.05, 3.63) is 53.5 Å². The van der Waals surface area contributed by atoms with Gasteiger partial charge in [-0.05, 0) is 38.1 Å². The minimum Gasteiger partial charge on any atom is -0.496 e. The normalized spacial score (nSPS) is 16.1. The number of rotatable bonds is 5. The number of aromatic nitrogens is 4. The van der Waals surface area contributed by atoms with Crippen LogP contribution in [0.15, 0.2) is 36.4 Å². The highest BCUT2D eigenvalue weighted by Crippen LogP contribution is 2.28. The first-order valence-electron chi connectivity index (χ1n) is 9.50. The fourth-order valence-electron chi connectivity index (χ4n) is 3.50. The highest BCUT2D eigenvalue weighted by molar-refractivity contribution is 5.93. The monoisotopic (exact) mass is 393 g/mol. The molecule has 3 aromatic rings. The molecule has 1 fully saturated rings. The van der Waals surface area contributed by atoms with E-state index >= 15 is 0 Å². The van der Waals surface area contributed by atoms with Crippen LogP contribution in [0.4, 0.5) is 0 Å². The number of likely N-dealkylation sites (tertiary alicyclic amines) is 1. The summed E-state index contributed by atoms with van der Waals surface area (Å²) in [5.74, 6) is 0.604. The number of carbonyl (C=O) groups is 1. The number of aryl methyl sites for hydroxylation is 2. The summed E-state index contributed by atoms with van der Waals surface area (Å²) >= 11 is 0. The summed E-state index contributed by atoms with van der Waals surface area (Å²) in [7, 11) is 1.61. The molecule has 1 saturated heterocycles. The molecule has 0 saturated carbocycles. The maximum absolute atomic E-state index is 12.9. The van der Waals surface area contributed by atoms with E-state index in [1.807, 2.05) is 44.2 Å². The van der Waals surface area contributed by atoms with Crippen molar-refractivity contribution in [2.75, 3.05) is 20.2 Å². The van der Waals surface area contributed by atoms with Crippen LogP contribution in [0.2, 0.25) is 0 Å². The number of para-hydroxylation sites is 1. The maximum atomic E-state index is 12.9. The zero-order chi connectivity index (χ0) is 20.4. The lowest BCUT2D eigenvalue weighted by atomic mass is 10.1. The van der Waals surface area contributed by atoms with Crippen LogP contribution in [0.1, 0.15) is 28.3 Å². The number of nitrogens with one attached hydrogen (secondary N) is 1. The van der Waals surface area contributed by atoms with Crippen molar-refractivity contribution in [1.82, 2.24) is 25.1 Å². The lowest BCUT2D eigenvalue weighted by molar-refractivity contribution is 0.0763. The Kier molecular flexibility index (Phi) is 5.16. The van der Waals surface area contributed by atoms with Crippen LogP contribution in [0.5, 0.6) is 11.8 Å². The highest BCUT2D eigenvalue weighted by Gasteiger charge is 2.30. The fourth-order valence-corrected chi connectivity index (χ4v) is 3.50. The third kappa shape index (κ3) is 4.06. The third-order valence-electron chi connectivity index (χ3n) is 4.86. The van der Waals surface area contributed by atoms with Crippen LogP contribution < -0.4 is 9.47 Å². The number of H-pyrrole nitrogens is 1. The number of benzene rings is 1. The molecule has 2 aromatic heterocycles. The third-order valence-corrected chi connectivity index (χ3v) is 4.86. The molecule has 1 aromatic carbocycles. The molecule has 0 bridgehead atoms. The van der Waals surface area contributed by atoms with E-state index < -0.39 is 0 Å². The molecular weight excluding hydrogens is 370 g/mol. The van der Waals surface area contributed by atoms with Gasteiger partial charge in [-0.25, -0.2) is 9.97 Å². The predicted octanol–water partition coefficient (Wildman–Crippen LogP) is 2.79. The second-order valence-corrected chi connectivity index (χ2v) is 7.08. The van der Waals surface area contributed by atoms with Crippen LogP contribution >= 0.6 is 0 Å². The number of aromatic amines is 1. The highest BCUT2D eigenvalue weighted by atomic mass is 16.5. The van der Waals surface area contributed by atoms with Gasteiger partial charge in [0.1, 0.15) is 17.5 Å². The number of carbonyl (C=O) groups excluding carboxylic acids is 1. The summed E-state index contributed by atoms with van der Waals surface area (Å²) in [6.07, 6.45) is 0.604. The molecule has 3 heterocycles. The average Bonchev–Trinajstić information content (AvgIpc) is 3.36. The molecule has 0 radical (unpaired) electrons. The molecular formula is C21H23N5O3. The number of hydrogen-bond acceptors (Lipinski definition) is 6. The van der Waals surface area contributed by atoms with Gasteiger partial charge < -0.3 is 14.4 Å². The van der Waals surface area contributed by atoms with E-state index in [0.29, 0.717) is 36.2 Å². The van der Waals surface area contributed by atoms with Crippen LogP contribution in [-0.2, 0) is 0 Å². The van der Waals surface area contributed by atoms with Crippen molar-refractivity contribution in [3.63, 3.8) is 0 Å². The molecule has 1 atom stereocenters. The Morgan fingerprint density at radius 1 is 1.17 bits per heavy atom. The van der Waals surface area contributed by atoms with Crippen molar-refractivity contribution >= 4 is 5.91 Å². The zero-order valence-corrected chi connectivity index (χ0v) is 16.7. The van der Waals surface area contributed by atoms with Gasteiger partial charge in [0.15, 0.2) is 0 Å². The summed E-state index contributed by atoms with van der Waals surface area (Å²) in [6, 6.07) is 11.6. The summed E-state index contributed by atoms with van der Waals surface area (Å²) in [5.41, 5.74) is 3.66. The van der Waals surface area contributed by atoms with Gasteiger partial charge in [0.05, 0.1) is 19.3 Å². The summed E-state index contributed by atoms with van der Waals surface area (Å²) in [5, 5.41) is 7.14. The molecule has 150 valence electrons. The van der Waals surface area contributed by atoms with Crippen LogP contribution in [0.3, 0.4) is 0 Å². The standard InChI is InChI=1S/C21H23N5O3/c1-13-10-14(2)23-21(22-13)29-15-8-9-26(12-15)20(27)18-11-17(24-25-18)16-6-4-5-7-19(16)28-3/h4-7,10-11,15H,8-9,12H2,1-3H3,(H,24,25)/t15-/m0/s1. The first-order chi connectivity index (χ1) is 14.0. The average molecular weight is 393 g/mol. The molecule has 8 heteroatoms. The number of hydrogen-bond donors (Lipinski definition) is 1. The number of amides is 1. The molecule has 0 spiro atoms. The van der Waals surface area contributed by atoms with E-state index in [1.165, 1.54) is 0 Å². The van der Waals surface area contributed by atoms with Crippen LogP contribution in [0.25, 0.3) is 11.3 Å². The Hall–Kier alpha value is -3.42. The number of methoxy groups -OCH3 is 1. The van der Waals surface area contributed by atoms with Gasteiger partial charge in [-0.3, -0.25) is 9.89 Å². The van der Waals surface area contributed by atoms with E-state index in [-0.39, 0.29) is 12.0 Å². The minimum atomic E-state index is -0.128. The van der Waals surface area contributed by atoms with E-state index in [0.717, 1.165) is 23.4 Å². The molecule has 0 aliphatic carbocycles. The van der Waals surface area contributed by atoms with E-state index in [2.05, 4.69) is 20.2 Å². The quantitative estimate of drug-likeness (QED) is 0.716.